The zero-order valence-corrected chi connectivity index (χ0v) is 14.3. The molecule has 0 saturated carbocycles. The lowest BCUT2D eigenvalue weighted by atomic mass is 9.92. The number of benzene rings is 1. The van der Waals surface area contributed by atoms with Crippen LogP contribution in [0.15, 0.2) is 22.7 Å². The number of carbonyl (C=O) groups is 1. The summed E-state index contributed by atoms with van der Waals surface area (Å²) >= 11 is 3.46. The van der Waals surface area contributed by atoms with Crippen LogP contribution in [-0.2, 0) is 0 Å². The molecule has 1 saturated heterocycles. The lowest BCUT2D eigenvalue weighted by molar-refractivity contribution is 0.0921. The van der Waals surface area contributed by atoms with E-state index in [1.807, 2.05) is 25.1 Å². The zero-order valence-electron chi connectivity index (χ0n) is 11.9. The van der Waals surface area contributed by atoms with Crippen molar-refractivity contribution in [2.24, 2.45) is 5.92 Å². The van der Waals surface area contributed by atoms with Crippen LogP contribution in [0.4, 0.5) is 0 Å². The van der Waals surface area contributed by atoms with Crippen molar-refractivity contribution < 1.29 is 4.79 Å². The molecule has 1 aliphatic rings. The van der Waals surface area contributed by atoms with Crippen molar-refractivity contribution in [3.05, 3.63) is 33.8 Å². The fourth-order valence-corrected chi connectivity index (χ4v) is 3.19. The zero-order chi connectivity index (χ0) is 13.8. The van der Waals surface area contributed by atoms with Gasteiger partial charge in [0.25, 0.3) is 5.91 Å². The second-order valence-corrected chi connectivity index (χ2v) is 6.21. The maximum Gasteiger partial charge on any atom is 0.252 e. The third-order valence-electron chi connectivity index (χ3n) is 3.77. The van der Waals surface area contributed by atoms with E-state index in [1.54, 1.807) is 0 Å². The molecule has 1 fully saturated rings. The highest BCUT2D eigenvalue weighted by Gasteiger charge is 2.22. The predicted octanol–water partition coefficient (Wildman–Crippen LogP) is 3.30. The minimum atomic E-state index is 0. The third kappa shape index (κ3) is 4.47. The smallest absolute Gasteiger partial charge is 0.252 e. The Bertz CT molecular complexity index is 461. The van der Waals surface area contributed by atoms with Gasteiger partial charge in [0.05, 0.1) is 5.56 Å². The molecular formula is C15H22BrClN2O. The molecule has 0 radical (unpaired) electrons. The molecule has 3 nitrogen and oxygen atoms in total. The van der Waals surface area contributed by atoms with Gasteiger partial charge in [-0.3, -0.25) is 4.79 Å². The Labute approximate surface area is 135 Å². The van der Waals surface area contributed by atoms with Crippen molar-refractivity contribution in [2.45, 2.75) is 32.7 Å². The number of nitrogens with one attached hydrogen (secondary N) is 2. The highest BCUT2D eigenvalue weighted by molar-refractivity contribution is 9.10. The monoisotopic (exact) mass is 360 g/mol. The number of halogens is 2. The van der Waals surface area contributed by atoms with E-state index in [2.05, 4.69) is 33.5 Å². The number of amides is 1. The molecule has 1 aromatic carbocycles. The highest BCUT2D eigenvalue weighted by atomic mass is 79.9. The second kappa shape index (κ2) is 8.01. The Kier molecular flexibility index (Phi) is 7.00. The molecule has 0 aliphatic carbocycles. The van der Waals surface area contributed by atoms with Gasteiger partial charge in [0.15, 0.2) is 0 Å². The average Bonchev–Trinajstić information content (AvgIpc) is 2.39. The Morgan fingerprint density at radius 1 is 1.50 bits per heavy atom. The molecule has 1 amide bonds. The van der Waals surface area contributed by atoms with Crippen molar-refractivity contribution in [3.8, 4) is 0 Å². The SMILES string of the molecule is Cc1ccc(C(=O)NC(C)C2CCCNC2)c(Br)c1.Cl. The summed E-state index contributed by atoms with van der Waals surface area (Å²) in [6.07, 6.45) is 2.38. The summed E-state index contributed by atoms with van der Waals surface area (Å²) in [4.78, 5) is 12.3. The highest BCUT2D eigenvalue weighted by Crippen LogP contribution is 2.20. The van der Waals surface area contributed by atoms with E-state index in [0.717, 1.165) is 23.1 Å². The second-order valence-electron chi connectivity index (χ2n) is 5.35. The summed E-state index contributed by atoms with van der Waals surface area (Å²) in [5, 5.41) is 6.50. The summed E-state index contributed by atoms with van der Waals surface area (Å²) in [7, 11) is 0. The molecule has 2 rings (SSSR count). The Balaban J connectivity index is 0.00000200. The fraction of sp³-hybridized carbons (Fsp3) is 0.533. The normalized spacial score (nSPS) is 19.9. The molecule has 112 valence electrons. The predicted molar refractivity (Wildman–Crippen MR) is 88.6 cm³/mol. The standard InChI is InChI=1S/C15H21BrN2O.ClH/c1-10-5-6-13(14(16)8-10)15(19)18-11(2)12-4-3-7-17-9-12;/h5-6,8,11-12,17H,3-4,7,9H2,1-2H3,(H,18,19);1H. The minimum absolute atomic E-state index is 0. The van der Waals surface area contributed by atoms with Gasteiger partial charge >= 0.3 is 0 Å². The van der Waals surface area contributed by atoms with E-state index in [9.17, 15) is 4.79 Å². The lowest BCUT2D eigenvalue weighted by Gasteiger charge is -2.29. The quantitative estimate of drug-likeness (QED) is 0.867. The molecule has 0 bridgehead atoms. The molecular weight excluding hydrogens is 340 g/mol. The molecule has 20 heavy (non-hydrogen) atoms. The van der Waals surface area contributed by atoms with Gasteiger partial charge in [-0.15, -0.1) is 12.4 Å². The van der Waals surface area contributed by atoms with Gasteiger partial charge < -0.3 is 10.6 Å². The molecule has 2 N–H and O–H groups in total. The van der Waals surface area contributed by atoms with Gasteiger partial charge in [0.2, 0.25) is 0 Å². The number of hydrogen-bond acceptors (Lipinski definition) is 2. The average molecular weight is 362 g/mol. The maximum atomic E-state index is 12.3. The summed E-state index contributed by atoms with van der Waals surface area (Å²) < 4.78 is 0.860. The first-order valence-corrected chi connectivity index (χ1v) is 7.65. The van der Waals surface area contributed by atoms with Crippen LogP contribution in [0.1, 0.15) is 35.7 Å². The van der Waals surface area contributed by atoms with Crippen LogP contribution in [0.25, 0.3) is 0 Å². The largest absolute Gasteiger partial charge is 0.349 e. The molecule has 2 unspecified atom stereocenters. The van der Waals surface area contributed by atoms with E-state index < -0.39 is 0 Å². The molecule has 0 spiro atoms. The fourth-order valence-electron chi connectivity index (χ4n) is 2.51. The van der Waals surface area contributed by atoms with Crippen molar-refractivity contribution in [1.29, 1.82) is 0 Å². The van der Waals surface area contributed by atoms with Crippen LogP contribution in [-0.4, -0.2) is 25.0 Å². The van der Waals surface area contributed by atoms with E-state index in [4.69, 9.17) is 0 Å². The number of rotatable bonds is 3. The van der Waals surface area contributed by atoms with E-state index in [0.29, 0.717) is 11.5 Å². The van der Waals surface area contributed by atoms with Crippen molar-refractivity contribution in [3.63, 3.8) is 0 Å². The topological polar surface area (TPSA) is 41.1 Å². The Hall–Kier alpha value is -0.580. The van der Waals surface area contributed by atoms with Crippen LogP contribution in [0.3, 0.4) is 0 Å². The van der Waals surface area contributed by atoms with Crippen LogP contribution in [0.2, 0.25) is 0 Å². The Morgan fingerprint density at radius 3 is 2.85 bits per heavy atom. The molecule has 5 heteroatoms. The lowest BCUT2D eigenvalue weighted by Crippen LogP contribution is -2.44. The maximum absolute atomic E-state index is 12.3. The molecule has 2 atom stereocenters. The van der Waals surface area contributed by atoms with Gasteiger partial charge in [0, 0.05) is 10.5 Å². The van der Waals surface area contributed by atoms with Gasteiger partial charge in [-0.2, -0.15) is 0 Å². The first kappa shape index (κ1) is 17.5. The molecule has 1 heterocycles. The third-order valence-corrected chi connectivity index (χ3v) is 4.43. The Morgan fingerprint density at radius 2 is 2.25 bits per heavy atom. The summed E-state index contributed by atoms with van der Waals surface area (Å²) in [5.74, 6) is 0.534. The first-order chi connectivity index (χ1) is 9.08. The van der Waals surface area contributed by atoms with Crippen molar-refractivity contribution >= 4 is 34.2 Å². The number of piperidine rings is 1. The van der Waals surface area contributed by atoms with Crippen LogP contribution in [0, 0.1) is 12.8 Å². The van der Waals surface area contributed by atoms with Crippen LogP contribution in [0.5, 0.6) is 0 Å². The number of hydrogen-bond donors (Lipinski definition) is 2. The summed E-state index contributed by atoms with van der Waals surface area (Å²) in [6, 6.07) is 6.02. The molecule has 1 aromatic rings. The van der Waals surface area contributed by atoms with E-state index >= 15 is 0 Å². The van der Waals surface area contributed by atoms with Gasteiger partial charge in [-0.1, -0.05) is 6.07 Å². The van der Waals surface area contributed by atoms with Crippen LogP contribution >= 0.6 is 28.3 Å². The van der Waals surface area contributed by atoms with Crippen molar-refractivity contribution in [1.82, 2.24) is 10.6 Å². The summed E-state index contributed by atoms with van der Waals surface area (Å²) in [6.45, 7) is 6.21. The van der Waals surface area contributed by atoms with Crippen LogP contribution < -0.4 is 10.6 Å². The van der Waals surface area contributed by atoms with Gasteiger partial charge in [0.1, 0.15) is 0 Å². The van der Waals surface area contributed by atoms with E-state index in [1.165, 1.54) is 12.8 Å². The molecule has 1 aliphatic heterocycles. The van der Waals surface area contributed by atoms with Gasteiger partial charge in [-0.05, 0) is 79.3 Å². The van der Waals surface area contributed by atoms with Crippen molar-refractivity contribution in [2.75, 3.05) is 13.1 Å². The van der Waals surface area contributed by atoms with Gasteiger partial charge in [-0.25, -0.2) is 0 Å². The minimum Gasteiger partial charge on any atom is -0.349 e. The van der Waals surface area contributed by atoms with E-state index in [-0.39, 0.29) is 24.4 Å². The molecule has 0 aromatic heterocycles. The number of aryl methyl sites for hydroxylation is 1. The number of carbonyl (C=O) groups excluding carboxylic acids is 1. The summed E-state index contributed by atoms with van der Waals surface area (Å²) in [5.41, 5.74) is 1.86. The first-order valence-electron chi connectivity index (χ1n) is 6.85.